The molecule has 0 saturated carbocycles. The Hall–Kier alpha value is -0.160. The van der Waals surface area contributed by atoms with E-state index in [1.165, 1.54) is 0 Å². The van der Waals surface area contributed by atoms with Crippen LogP contribution in [-0.4, -0.2) is 60.7 Å². The molecule has 0 aromatic rings. The summed E-state index contributed by atoms with van der Waals surface area (Å²) in [5.74, 6) is 0. The van der Waals surface area contributed by atoms with Crippen molar-refractivity contribution >= 4 is 0 Å². The smallest absolute Gasteiger partial charge is 0.0954 e. The molecule has 68 valence electrons. The van der Waals surface area contributed by atoms with Gasteiger partial charge in [0.25, 0.3) is 0 Å². The van der Waals surface area contributed by atoms with Crippen LogP contribution in [-0.2, 0) is 0 Å². The highest BCUT2D eigenvalue weighted by Gasteiger charge is 1.97. The molecule has 0 saturated heterocycles. The van der Waals surface area contributed by atoms with Crippen LogP contribution in [0.2, 0.25) is 0 Å². The van der Waals surface area contributed by atoms with Crippen molar-refractivity contribution in [3.8, 4) is 0 Å². The Balaban J connectivity index is 3.13. The maximum absolute atomic E-state index is 8.62. The first-order valence-electron chi connectivity index (χ1n) is 3.79. The molecule has 0 atom stereocenters. The summed E-state index contributed by atoms with van der Waals surface area (Å²) in [7, 11) is 3.72. The van der Waals surface area contributed by atoms with E-state index < -0.39 is 0 Å². The molecule has 0 radical (unpaired) electrons. The molecule has 4 heteroatoms. The van der Waals surface area contributed by atoms with E-state index in [0.717, 1.165) is 19.5 Å². The third kappa shape index (κ3) is 6.25. The van der Waals surface area contributed by atoms with Crippen molar-refractivity contribution in [3.63, 3.8) is 0 Å². The molecule has 0 rings (SSSR count). The van der Waals surface area contributed by atoms with Crippen LogP contribution in [0.1, 0.15) is 6.42 Å². The van der Waals surface area contributed by atoms with Gasteiger partial charge in [-0.3, -0.25) is 9.80 Å². The average Bonchev–Trinajstić information content (AvgIpc) is 2.04. The Labute approximate surface area is 68.0 Å². The first-order valence-corrected chi connectivity index (χ1v) is 3.79. The van der Waals surface area contributed by atoms with Crippen molar-refractivity contribution in [2.24, 2.45) is 0 Å². The van der Waals surface area contributed by atoms with Crippen molar-refractivity contribution < 1.29 is 10.2 Å². The zero-order valence-corrected chi connectivity index (χ0v) is 7.32. The van der Waals surface area contributed by atoms with Gasteiger partial charge in [-0.1, -0.05) is 0 Å². The second-order valence-corrected chi connectivity index (χ2v) is 2.80. The van der Waals surface area contributed by atoms with Gasteiger partial charge in [0.05, 0.1) is 13.5 Å². The van der Waals surface area contributed by atoms with Crippen molar-refractivity contribution in [2.75, 3.05) is 40.6 Å². The van der Waals surface area contributed by atoms with Gasteiger partial charge in [0.1, 0.15) is 0 Å². The number of aliphatic hydroxyl groups excluding tert-OH is 2. The standard InChI is InChI=1S/C7H18N2O2/c1-8(6-10)4-3-5-9(2)7-11/h10-11H,3-7H2,1-2H3. The molecule has 11 heavy (non-hydrogen) atoms. The van der Waals surface area contributed by atoms with Gasteiger partial charge in [-0.2, -0.15) is 0 Å². The van der Waals surface area contributed by atoms with Gasteiger partial charge >= 0.3 is 0 Å². The van der Waals surface area contributed by atoms with Crippen LogP contribution in [0.5, 0.6) is 0 Å². The summed E-state index contributed by atoms with van der Waals surface area (Å²) in [5, 5.41) is 17.2. The lowest BCUT2D eigenvalue weighted by Gasteiger charge is -2.16. The van der Waals surface area contributed by atoms with Crippen molar-refractivity contribution in [1.29, 1.82) is 0 Å². The SMILES string of the molecule is CN(CO)CCCN(C)CO. The highest BCUT2D eigenvalue weighted by molar-refractivity contribution is 4.49. The molecule has 0 aliphatic heterocycles. The van der Waals surface area contributed by atoms with Crippen LogP contribution in [0.3, 0.4) is 0 Å². The van der Waals surface area contributed by atoms with Gasteiger partial charge in [0.15, 0.2) is 0 Å². The molecule has 2 N–H and O–H groups in total. The molecular weight excluding hydrogens is 144 g/mol. The van der Waals surface area contributed by atoms with Crippen LogP contribution in [0.25, 0.3) is 0 Å². The van der Waals surface area contributed by atoms with E-state index in [4.69, 9.17) is 10.2 Å². The van der Waals surface area contributed by atoms with Crippen molar-refractivity contribution in [2.45, 2.75) is 6.42 Å². The maximum Gasteiger partial charge on any atom is 0.0954 e. The lowest BCUT2D eigenvalue weighted by Crippen LogP contribution is -2.26. The number of rotatable bonds is 6. The van der Waals surface area contributed by atoms with Gasteiger partial charge in [-0.25, -0.2) is 0 Å². The Morgan fingerprint density at radius 2 is 1.27 bits per heavy atom. The fourth-order valence-corrected chi connectivity index (χ4v) is 0.752. The monoisotopic (exact) mass is 162 g/mol. The number of nitrogens with zero attached hydrogens (tertiary/aromatic N) is 2. The molecular formula is C7H18N2O2. The van der Waals surface area contributed by atoms with Crippen LogP contribution >= 0.6 is 0 Å². The molecule has 0 spiro atoms. The van der Waals surface area contributed by atoms with Gasteiger partial charge in [0, 0.05) is 13.1 Å². The van der Waals surface area contributed by atoms with E-state index in [1.54, 1.807) is 0 Å². The third-order valence-corrected chi connectivity index (χ3v) is 1.56. The zero-order chi connectivity index (χ0) is 8.69. The molecule has 0 heterocycles. The number of hydrogen-bond acceptors (Lipinski definition) is 4. The van der Waals surface area contributed by atoms with Gasteiger partial charge < -0.3 is 10.2 Å². The minimum atomic E-state index is 0.100. The number of hydrogen-bond donors (Lipinski definition) is 2. The largest absolute Gasteiger partial charge is 0.381 e. The molecule has 0 aromatic heterocycles. The summed E-state index contributed by atoms with van der Waals surface area (Å²) in [6.07, 6.45) is 0.966. The fraction of sp³-hybridized carbons (Fsp3) is 1.00. The van der Waals surface area contributed by atoms with Crippen LogP contribution < -0.4 is 0 Å². The van der Waals surface area contributed by atoms with Crippen molar-refractivity contribution in [1.82, 2.24) is 9.80 Å². The molecule has 0 unspecified atom stereocenters. The summed E-state index contributed by atoms with van der Waals surface area (Å²) in [4.78, 5) is 3.65. The molecule has 0 fully saturated rings. The molecule has 0 aliphatic rings. The van der Waals surface area contributed by atoms with E-state index in [1.807, 2.05) is 23.9 Å². The predicted molar refractivity (Wildman–Crippen MR) is 44.0 cm³/mol. The third-order valence-electron chi connectivity index (χ3n) is 1.56. The van der Waals surface area contributed by atoms with Gasteiger partial charge in [-0.05, 0) is 20.5 Å². The van der Waals surface area contributed by atoms with E-state index in [-0.39, 0.29) is 13.5 Å². The minimum absolute atomic E-state index is 0.100. The summed E-state index contributed by atoms with van der Waals surface area (Å²) < 4.78 is 0. The summed E-state index contributed by atoms with van der Waals surface area (Å²) in [6, 6.07) is 0. The number of aliphatic hydroxyl groups is 2. The zero-order valence-electron chi connectivity index (χ0n) is 7.32. The normalized spacial score (nSPS) is 11.5. The molecule has 0 aromatic carbocycles. The first kappa shape index (κ1) is 10.8. The Morgan fingerprint density at radius 1 is 0.909 bits per heavy atom. The topological polar surface area (TPSA) is 46.9 Å². The molecule has 0 bridgehead atoms. The van der Waals surface area contributed by atoms with E-state index in [2.05, 4.69) is 0 Å². The lowest BCUT2D eigenvalue weighted by molar-refractivity contribution is 0.109. The molecule has 4 nitrogen and oxygen atoms in total. The predicted octanol–water partition coefficient (Wildman–Crippen LogP) is -0.860. The highest BCUT2D eigenvalue weighted by atomic mass is 16.3. The Bertz CT molecular complexity index is 80.5. The second kappa shape index (κ2) is 6.54. The Morgan fingerprint density at radius 3 is 1.55 bits per heavy atom. The van der Waals surface area contributed by atoms with Crippen LogP contribution in [0.4, 0.5) is 0 Å². The molecule has 0 aliphatic carbocycles. The Kier molecular flexibility index (Phi) is 6.45. The second-order valence-electron chi connectivity index (χ2n) is 2.80. The summed E-state index contributed by atoms with van der Waals surface area (Å²) >= 11 is 0. The van der Waals surface area contributed by atoms with E-state index in [0.29, 0.717) is 0 Å². The molecule has 0 amide bonds. The maximum atomic E-state index is 8.62. The fourth-order valence-electron chi connectivity index (χ4n) is 0.752. The minimum Gasteiger partial charge on any atom is -0.381 e. The average molecular weight is 162 g/mol. The lowest BCUT2D eigenvalue weighted by atomic mass is 10.4. The van der Waals surface area contributed by atoms with Gasteiger partial charge in [0.2, 0.25) is 0 Å². The summed E-state index contributed by atoms with van der Waals surface area (Å²) in [6.45, 7) is 1.92. The quantitative estimate of drug-likeness (QED) is 0.499. The summed E-state index contributed by atoms with van der Waals surface area (Å²) in [5.41, 5.74) is 0. The van der Waals surface area contributed by atoms with E-state index >= 15 is 0 Å². The first-order chi connectivity index (χ1) is 5.20. The van der Waals surface area contributed by atoms with Crippen LogP contribution in [0.15, 0.2) is 0 Å². The van der Waals surface area contributed by atoms with E-state index in [9.17, 15) is 0 Å². The van der Waals surface area contributed by atoms with Crippen molar-refractivity contribution in [3.05, 3.63) is 0 Å². The van der Waals surface area contributed by atoms with Gasteiger partial charge in [-0.15, -0.1) is 0 Å². The highest BCUT2D eigenvalue weighted by Crippen LogP contribution is 1.88. The van der Waals surface area contributed by atoms with Crippen LogP contribution in [0, 0.1) is 0 Å².